The molecule has 11 heavy (non-hydrogen) atoms. The van der Waals surface area contributed by atoms with Crippen LogP contribution in [0.4, 0.5) is 0 Å². The molecular weight excluding hydrogens is 146 g/mol. The van der Waals surface area contributed by atoms with Crippen LogP contribution in [0.5, 0.6) is 0 Å². The molecule has 0 amide bonds. The van der Waals surface area contributed by atoms with Crippen molar-refractivity contribution in [2.45, 2.75) is 35.3 Å². The van der Waals surface area contributed by atoms with Crippen LogP contribution in [-0.4, -0.2) is 44.9 Å². The van der Waals surface area contributed by atoms with Gasteiger partial charge in [0, 0.05) is 0 Å². The standard InChI is InChI=1S/C6H14N.C3H5.Mg/c1-4-7(5-2)6-3;1-2-3-1;/h1,4-6H2,2-3H3;1H,2-3H2;. The molecular formula is C9H19MgN. The number of hydrogen-bond acceptors (Lipinski definition) is 1. The monoisotopic (exact) mass is 165 g/mol. The second kappa shape index (κ2) is 5.39. The molecule has 0 N–H and O–H groups in total. The third kappa shape index (κ3) is 4.34. The van der Waals surface area contributed by atoms with E-state index in [-0.39, 0.29) is 0 Å². The summed E-state index contributed by atoms with van der Waals surface area (Å²) >= 11 is 0.354. The van der Waals surface area contributed by atoms with Crippen molar-refractivity contribution < 1.29 is 0 Å². The molecule has 0 unspecified atom stereocenters. The van der Waals surface area contributed by atoms with Crippen LogP contribution in [-0.2, 0) is 0 Å². The van der Waals surface area contributed by atoms with Crippen LogP contribution in [0.15, 0.2) is 0 Å². The minimum atomic E-state index is 0.354. The lowest BCUT2D eigenvalue weighted by Gasteiger charge is -2.17. The lowest BCUT2D eigenvalue weighted by Crippen LogP contribution is -2.24. The van der Waals surface area contributed by atoms with Crippen LogP contribution in [0, 0.1) is 0 Å². The summed E-state index contributed by atoms with van der Waals surface area (Å²) in [5.74, 6) is 0. The highest BCUT2D eigenvalue weighted by Crippen LogP contribution is 2.35. The topological polar surface area (TPSA) is 3.24 Å². The summed E-state index contributed by atoms with van der Waals surface area (Å²) in [7, 11) is 0. The average molecular weight is 166 g/mol. The first-order chi connectivity index (χ1) is 5.36. The quantitative estimate of drug-likeness (QED) is 0.545. The van der Waals surface area contributed by atoms with Gasteiger partial charge < -0.3 is 4.90 Å². The molecule has 0 heterocycles. The molecule has 1 fully saturated rings. The van der Waals surface area contributed by atoms with E-state index in [0.29, 0.717) is 20.4 Å². The molecule has 0 spiro atoms. The Balaban J connectivity index is 1.90. The summed E-state index contributed by atoms with van der Waals surface area (Å²) in [5.41, 5.74) is 0. The molecule has 0 bridgehead atoms. The Morgan fingerprint density at radius 3 is 2.36 bits per heavy atom. The summed E-state index contributed by atoms with van der Waals surface area (Å²) in [4.78, 5) is 2.55. The van der Waals surface area contributed by atoms with E-state index in [4.69, 9.17) is 0 Å². The largest absolute Gasteiger partial charge is 0.370 e. The molecule has 0 atom stereocenters. The average Bonchev–Trinajstić information content (AvgIpc) is 2.82. The number of rotatable bonds is 6. The van der Waals surface area contributed by atoms with Gasteiger partial charge in [0.15, 0.2) is 0 Å². The maximum atomic E-state index is 2.55. The van der Waals surface area contributed by atoms with Gasteiger partial charge in [-0.15, -0.1) is 8.60 Å². The van der Waals surface area contributed by atoms with Crippen molar-refractivity contribution in [3.05, 3.63) is 0 Å². The molecule has 1 saturated carbocycles. The lowest BCUT2D eigenvalue weighted by molar-refractivity contribution is 0.320. The first-order valence-corrected chi connectivity index (χ1v) is 6.90. The van der Waals surface area contributed by atoms with Crippen LogP contribution in [0.2, 0.25) is 8.60 Å². The highest BCUT2D eigenvalue weighted by Gasteiger charge is 2.22. The highest BCUT2D eigenvalue weighted by atomic mass is 24.5. The Bertz CT molecular complexity index is 97.7. The van der Waals surface area contributed by atoms with E-state index in [2.05, 4.69) is 18.7 Å². The van der Waals surface area contributed by atoms with Crippen LogP contribution in [0.3, 0.4) is 0 Å². The van der Waals surface area contributed by atoms with Crippen molar-refractivity contribution >= 4 is 20.4 Å². The van der Waals surface area contributed by atoms with E-state index in [1.54, 1.807) is 17.4 Å². The molecule has 1 rings (SSSR count). The fraction of sp³-hybridized carbons (Fsp3) is 1.00. The Hall–Kier alpha value is 0.726. The SMILES string of the molecule is CCN(CC)C[CH2][Mg][CH]1CC1. The first kappa shape index (κ1) is 9.81. The van der Waals surface area contributed by atoms with E-state index in [1.165, 1.54) is 23.7 Å². The number of hydrogen-bond donors (Lipinski definition) is 0. The van der Waals surface area contributed by atoms with E-state index in [1.807, 2.05) is 0 Å². The second-order valence-electron chi connectivity index (χ2n) is 3.61. The van der Waals surface area contributed by atoms with Gasteiger partial charge in [-0.05, 0) is 19.6 Å². The molecule has 0 radical (unpaired) electrons. The number of nitrogens with zero attached hydrogens (tertiary/aromatic N) is 1. The minimum absolute atomic E-state index is 0.354. The molecule has 0 aromatic heterocycles. The highest BCUT2D eigenvalue weighted by molar-refractivity contribution is 6.38. The molecule has 1 aliphatic carbocycles. The van der Waals surface area contributed by atoms with Crippen molar-refractivity contribution in [3.8, 4) is 0 Å². The molecule has 0 aliphatic heterocycles. The molecule has 62 valence electrons. The van der Waals surface area contributed by atoms with E-state index < -0.39 is 0 Å². The fourth-order valence-corrected chi connectivity index (χ4v) is 3.57. The van der Waals surface area contributed by atoms with Crippen LogP contribution in [0.1, 0.15) is 26.7 Å². The summed E-state index contributed by atoms with van der Waals surface area (Å²) in [5, 5.41) is 0. The Morgan fingerprint density at radius 1 is 1.27 bits per heavy atom. The zero-order valence-corrected chi connectivity index (χ0v) is 9.39. The molecule has 1 aliphatic rings. The van der Waals surface area contributed by atoms with Gasteiger partial charge in [-0.3, -0.25) is 0 Å². The Kier molecular flexibility index (Phi) is 4.80. The fourth-order valence-electron chi connectivity index (χ4n) is 1.55. The smallest absolute Gasteiger partial charge is 0.306 e. The van der Waals surface area contributed by atoms with Crippen LogP contribution >= 0.6 is 0 Å². The van der Waals surface area contributed by atoms with Gasteiger partial charge in [0.25, 0.3) is 0 Å². The second-order valence-corrected chi connectivity index (χ2v) is 6.05. The normalized spacial score (nSPS) is 17.0. The van der Waals surface area contributed by atoms with Crippen LogP contribution in [0.25, 0.3) is 0 Å². The van der Waals surface area contributed by atoms with Crippen molar-refractivity contribution in [2.75, 3.05) is 19.6 Å². The van der Waals surface area contributed by atoms with Gasteiger partial charge in [-0.1, -0.05) is 26.7 Å². The van der Waals surface area contributed by atoms with Crippen LogP contribution < -0.4 is 0 Å². The summed E-state index contributed by atoms with van der Waals surface area (Å²) in [6.07, 6.45) is 3.15. The minimum Gasteiger partial charge on any atom is -0.306 e. The lowest BCUT2D eigenvalue weighted by atomic mass is 10.5. The third-order valence-corrected chi connectivity index (χ3v) is 5.04. The van der Waals surface area contributed by atoms with E-state index >= 15 is 0 Å². The Morgan fingerprint density at radius 2 is 1.91 bits per heavy atom. The van der Waals surface area contributed by atoms with Gasteiger partial charge in [0.1, 0.15) is 0 Å². The predicted octanol–water partition coefficient (Wildman–Crippen LogP) is 2.03. The zero-order chi connectivity index (χ0) is 8.10. The summed E-state index contributed by atoms with van der Waals surface area (Å²) in [6, 6.07) is 0. The van der Waals surface area contributed by atoms with Gasteiger partial charge >= 0.3 is 20.4 Å². The van der Waals surface area contributed by atoms with Gasteiger partial charge in [-0.25, -0.2) is 0 Å². The predicted molar refractivity (Wildman–Crippen MR) is 51.3 cm³/mol. The van der Waals surface area contributed by atoms with Crippen molar-refractivity contribution in [3.63, 3.8) is 0 Å². The summed E-state index contributed by atoms with van der Waals surface area (Å²) < 4.78 is 2.82. The maximum Gasteiger partial charge on any atom is 0.370 e. The molecule has 0 aromatic carbocycles. The van der Waals surface area contributed by atoms with Gasteiger partial charge in [0.05, 0.1) is 0 Å². The van der Waals surface area contributed by atoms with Crippen molar-refractivity contribution in [1.82, 2.24) is 4.90 Å². The Labute approximate surface area is 80.3 Å². The molecule has 0 saturated heterocycles. The first-order valence-electron chi connectivity index (χ1n) is 5.09. The van der Waals surface area contributed by atoms with Crippen molar-refractivity contribution in [2.24, 2.45) is 0 Å². The zero-order valence-electron chi connectivity index (χ0n) is 7.97. The molecule has 2 heteroatoms. The van der Waals surface area contributed by atoms with Gasteiger partial charge in [0.2, 0.25) is 0 Å². The van der Waals surface area contributed by atoms with Crippen molar-refractivity contribution in [1.29, 1.82) is 0 Å². The van der Waals surface area contributed by atoms with E-state index in [0.717, 1.165) is 0 Å². The van der Waals surface area contributed by atoms with E-state index in [9.17, 15) is 0 Å². The third-order valence-electron chi connectivity index (χ3n) is 2.68. The summed E-state index contributed by atoms with van der Waals surface area (Å²) in [6.45, 7) is 8.41. The molecule has 1 nitrogen and oxygen atoms in total. The maximum absolute atomic E-state index is 2.55. The molecule has 0 aromatic rings. The van der Waals surface area contributed by atoms with Gasteiger partial charge in [-0.2, -0.15) is 0 Å².